The predicted molar refractivity (Wildman–Crippen MR) is 161 cm³/mol. The first-order valence-corrected chi connectivity index (χ1v) is 13.3. The lowest BCUT2D eigenvalue weighted by Crippen LogP contribution is -1.99. The van der Waals surface area contributed by atoms with Gasteiger partial charge in [-0.25, -0.2) is 0 Å². The summed E-state index contributed by atoms with van der Waals surface area (Å²) in [5.41, 5.74) is 10.9. The molecule has 0 amide bonds. The molecule has 0 saturated carbocycles. The molecule has 0 spiro atoms. The summed E-state index contributed by atoms with van der Waals surface area (Å²) < 4.78 is 7.23. The highest BCUT2D eigenvalue weighted by Crippen LogP contribution is 2.46. The van der Waals surface area contributed by atoms with E-state index < -0.39 is 0 Å². The van der Waals surface area contributed by atoms with Crippen LogP contribution in [0.4, 0.5) is 0 Å². The zero-order valence-corrected chi connectivity index (χ0v) is 20.8. The molecule has 39 heavy (non-hydrogen) atoms. The second kappa shape index (κ2) is 6.74. The van der Waals surface area contributed by atoms with Gasteiger partial charge >= 0.3 is 0 Å². The molecule has 0 aliphatic rings. The Kier molecular flexibility index (Phi) is 3.41. The molecule has 0 aliphatic carbocycles. The minimum atomic E-state index is 1.12. The Hall–Kier alpha value is -5.35. The Morgan fingerprint density at radius 2 is 1.08 bits per heavy atom. The third kappa shape index (κ3) is 2.25. The molecule has 5 aromatic carbocycles. The number of nitrogens with zero attached hydrogens (tertiary/aromatic N) is 4. The van der Waals surface area contributed by atoms with Crippen molar-refractivity contribution < 1.29 is 0 Å². The number of hydrogen-bond donors (Lipinski definition) is 0. The number of hydrogen-bond acceptors (Lipinski definition) is 1. The molecular weight excluding hydrogens is 476 g/mol. The molecule has 10 aromatic rings. The number of rotatable bonds is 2. The fourth-order valence-electron chi connectivity index (χ4n) is 7.16. The fourth-order valence-corrected chi connectivity index (χ4v) is 7.16. The van der Waals surface area contributed by atoms with E-state index in [1.165, 1.54) is 65.4 Å². The average Bonchev–Trinajstić information content (AvgIpc) is 3.71. The minimum absolute atomic E-state index is 1.12. The predicted octanol–water partition coefficient (Wildman–Crippen LogP) is 8.71. The van der Waals surface area contributed by atoms with Crippen LogP contribution in [0.1, 0.15) is 0 Å². The van der Waals surface area contributed by atoms with Gasteiger partial charge in [0.25, 0.3) is 0 Å². The standard InChI is InChI=1S/C35H20N4/c1-3-11-27-23(9-1)25-17-18-36-20-32(25)37(27)21-7-5-8-22(19-21)38-29-13-6-14-30-33(29)34-31(38)16-15-26-24-10-2-4-12-28(24)39(30)35(26)34/h1-20H. The maximum absolute atomic E-state index is 4.47. The summed E-state index contributed by atoms with van der Waals surface area (Å²) in [6, 6.07) is 39.7. The first-order valence-electron chi connectivity index (χ1n) is 13.3. The molecule has 0 atom stereocenters. The van der Waals surface area contributed by atoms with Crippen molar-refractivity contribution in [2.45, 2.75) is 0 Å². The van der Waals surface area contributed by atoms with Crippen molar-refractivity contribution in [1.82, 2.24) is 18.5 Å². The van der Waals surface area contributed by atoms with E-state index in [0.29, 0.717) is 0 Å². The second-order valence-electron chi connectivity index (χ2n) is 10.5. The first-order chi connectivity index (χ1) is 19.4. The van der Waals surface area contributed by atoms with Gasteiger partial charge in [-0.2, -0.15) is 0 Å². The molecule has 5 aromatic heterocycles. The summed E-state index contributed by atoms with van der Waals surface area (Å²) in [7, 11) is 0. The molecule has 180 valence electrons. The van der Waals surface area contributed by atoms with Gasteiger partial charge in [-0.3, -0.25) is 4.98 Å². The maximum atomic E-state index is 4.47. The van der Waals surface area contributed by atoms with E-state index in [1.807, 2.05) is 12.4 Å². The molecule has 5 heterocycles. The van der Waals surface area contributed by atoms with Crippen LogP contribution in [-0.4, -0.2) is 18.5 Å². The molecule has 0 saturated heterocycles. The van der Waals surface area contributed by atoms with Gasteiger partial charge < -0.3 is 13.5 Å². The van der Waals surface area contributed by atoms with Gasteiger partial charge in [-0.15, -0.1) is 0 Å². The molecule has 4 heteroatoms. The quantitative estimate of drug-likeness (QED) is 0.235. The Balaban J connectivity index is 1.31. The first kappa shape index (κ1) is 19.7. The van der Waals surface area contributed by atoms with Gasteiger partial charge in [0.15, 0.2) is 0 Å². The van der Waals surface area contributed by atoms with Crippen LogP contribution in [0.2, 0.25) is 0 Å². The average molecular weight is 497 g/mol. The van der Waals surface area contributed by atoms with Gasteiger partial charge in [-0.1, -0.05) is 54.6 Å². The Bertz CT molecular complexity index is 2500. The van der Waals surface area contributed by atoms with E-state index in [-0.39, 0.29) is 0 Å². The Labute approximate surface area is 222 Å². The molecular formula is C35H20N4. The van der Waals surface area contributed by atoms with Gasteiger partial charge in [0.2, 0.25) is 0 Å². The molecule has 0 bridgehead atoms. The van der Waals surface area contributed by atoms with Gasteiger partial charge in [0.05, 0.1) is 44.8 Å². The highest BCUT2D eigenvalue weighted by Gasteiger charge is 2.24. The summed E-state index contributed by atoms with van der Waals surface area (Å²) in [5.74, 6) is 0. The van der Waals surface area contributed by atoms with Crippen molar-refractivity contribution in [3.05, 3.63) is 122 Å². The third-order valence-corrected chi connectivity index (χ3v) is 8.63. The van der Waals surface area contributed by atoms with Crippen LogP contribution in [0.3, 0.4) is 0 Å². The van der Waals surface area contributed by atoms with Crippen molar-refractivity contribution in [3.8, 4) is 11.4 Å². The Morgan fingerprint density at radius 3 is 1.95 bits per heavy atom. The highest BCUT2D eigenvalue weighted by atomic mass is 15.0. The Morgan fingerprint density at radius 1 is 0.436 bits per heavy atom. The summed E-state index contributed by atoms with van der Waals surface area (Å²) in [4.78, 5) is 4.47. The lowest BCUT2D eigenvalue weighted by Gasteiger charge is -2.13. The summed E-state index contributed by atoms with van der Waals surface area (Å²) in [6.07, 6.45) is 3.85. The molecule has 0 aliphatic heterocycles. The summed E-state index contributed by atoms with van der Waals surface area (Å²) in [5, 5.41) is 7.78. The van der Waals surface area contributed by atoms with E-state index >= 15 is 0 Å². The zero-order chi connectivity index (χ0) is 25.2. The van der Waals surface area contributed by atoms with Crippen LogP contribution in [0.15, 0.2) is 122 Å². The van der Waals surface area contributed by atoms with E-state index in [2.05, 4.69) is 128 Å². The maximum Gasteiger partial charge on any atom is 0.0724 e. The summed E-state index contributed by atoms with van der Waals surface area (Å²) in [6.45, 7) is 0. The van der Waals surface area contributed by atoms with Crippen molar-refractivity contribution >= 4 is 70.9 Å². The van der Waals surface area contributed by atoms with Gasteiger partial charge in [0.1, 0.15) is 0 Å². The molecule has 0 radical (unpaired) electrons. The topological polar surface area (TPSA) is 27.2 Å². The second-order valence-corrected chi connectivity index (χ2v) is 10.5. The van der Waals surface area contributed by atoms with Gasteiger partial charge in [0, 0.05) is 49.9 Å². The van der Waals surface area contributed by atoms with Crippen molar-refractivity contribution in [2.24, 2.45) is 0 Å². The van der Waals surface area contributed by atoms with Crippen molar-refractivity contribution in [2.75, 3.05) is 0 Å². The SMILES string of the molecule is c1cc(-n2c3ccccc3c3ccncc32)cc(-n2c3cccc4c3c3c2ccc2c5ccccc5n4c23)c1. The number of pyridine rings is 1. The smallest absolute Gasteiger partial charge is 0.0724 e. The van der Waals surface area contributed by atoms with E-state index in [0.717, 1.165) is 16.9 Å². The largest absolute Gasteiger partial charge is 0.309 e. The van der Waals surface area contributed by atoms with Crippen LogP contribution >= 0.6 is 0 Å². The lowest BCUT2D eigenvalue weighted by molar-refractivity contribution is 1.13. The number of fused-ring (bicyclic) bond motifs is 7. The highest BCUT2D eigenvalue weighted by molar-refractivity contribution is 6.32. The van der Waals surface area contributed by atoms with E-state index in [9.17, 15) is 0 Å². The van der Waals surface area contributed by atoms with Crippen LogP contribution in [0.25, 0.3) is 82.3 Å². The van der Waals surface area contributed by atoms with E-state index in [1.54, 1.807) is 0 Å². The zero-order valence-electron chi connectivity index (χ0n) is 20.8. The molecule has 4 nitrogen and oxygen atoms in total. The lowest BCUT2D eigenvalue weighted by atomic mass is 10.1. The van der Waals surface area contributed by atoms with Crippen LogP contribution in [0, 0.1) is 0 Å². The van der Waals surface area contributed by atoms with Crippen LogP contribution in [-0.2, 0) is 0 Å². The van der Waals surface area contributed by atoms with Crippen LogP contribution in [0.5, 0.6) is 0 Å². The fraction of sp³-hybridized carbons (Fsp3) is 0. The van der Waals surface area contributed by atoms with Gasteiger partial charge in [-0.05, 0) is 54.6 Å². The monoisotopic (exact) mass is 496 g/mol. The number of benzene rings is 5. The molecule has 0 unspecified atom stereocenters. The minimum Gasteiger partial charge on any atom is -0.309 e. The molecule has 0 N–H and O–H groups in total. The van der Waals surface area contributed by atoms with Crippen molar-refractivity contribution in [3.63, 3.8) is 0 Å². The van der Waals surface area contributed by atoms with Crippen molar-refractivity contribution in [1.29, 1.82) is 0 Å². The molecule has 0 fully saturated rings. The van der Waals surface area contributed by atoms with Crippen LogP contribution < -0.4 is 0 Å². The van der Waals surface area contributed by atoms with E-state index in [4.69, 9.17) is 0 Å². The third-order valence-electron chi connectivity index (χ3n) is 8.63. The number of aromatic nitrogens is 4. The molecule has 10 rings (SSSR count). The number of para-hydroxylation sites is 2. The summed E-state index contributed by atoms with van der Waals surface area (Å²) >= 11 is 0. The normalized spacial score (nSPS) is 12.6.